The van der Waals surface area contributed by atoms with Crippen molar-refractivity contribution in [1.29, 1.82) is 0 Å². The van der Waals surface area contributed by atoms with Gasteiger partial charge in [0.1, 0.15) is 0 Å². The molecule has 1 atom stereocenters. The first-order valence-electron chi connectivity index (χ1n) is 7.34. The van der Waals surface area contributed by atoms with Gasteiger partial charge in [0.25, 0.3) is 0 Å². The molecule has 0 saturated carbocycles. The summed E-state index contributed by atoms with van der Waals surface area (Å²) in [6.07, 6.45) is -0.120. The summed E-state index contributed by atoms with van der Waals surface area (Å²) < 4.78 is 32.0. The smallest absolute Gasteiger partial charge is 0.215 e. The molecular weight excluding hydrogens is 288 g/mol. The second kappa shape index (κ2) is 9.15. The molecule has 0 aliphatic carbocycles. The summed E-state index contributed by atoms with van der Waals surface area (Å²) in [7, 11) is -3.34. The molecule has 0 heterocycles. The largest absolute Gasteiger partial charge is 0.377 e. The third-order valence-electron chi connectivity index (χ3n) is 2.97. The lowest BCUT2D eigenvalue weighted by atomic mass is 10.1. The fourth-order valence-corrected chi connectivity index (χ4v) is 3.17. The summed E-state index contributed by atoms with van der Waals surface area (Å²) >= 11 is 0. The van der Waals surface area contributed by atoms with Crippen molar-refractivity contribution < 1.29 is 13.2 Å². The van der Waals surface area contributed by atoms with E-state index in [0.29, 0.717) is 13.2 Å². The summed E-state index contributed by atoms with van der Waals surface area (Å²) in [6, 6.07) is 7.64. The van der Waals surface area contributed by atoms with E-state index in [-0.39, 0.29) is 11.9 Å². The Hall–Kier alpha value is -0.950. The van der Waals surface area contributed by atoms with Crippen LogP contribution in [0, 0.1) is 0 Å². The number of hydrogen-bond acceptors (Lipinski definition) is 4. The highest BCUT2D eigenvalue weighted by Gasteiger charge is 2.13. The van der Waals surface area contributed by atoms with Crippen molar-refractivity contribution in [2.24, 2.45) is 0 Å². The van der Waals surface area contributed by atoms with Gasteiger partial charge in [0.05, 0.1) is 11.9 Å². The molecule has 6 heteroatoms. The van der Waals surface area contributed by atoms with Crippen molar-refractivity contribution in [2.45, 2.75) is 39.2 Å². The highest BCUT2D eigenvalue weighted by molar-refractivity contribution is 7.88. The molecule has 0 fully saturated rings. The first-order chi connectivity index (χ1) is 9.96. The molecule has 120 valence electrons. The van der Waals surface area contributed by atoms with Gasteiger partial charge in [-0.15, -0.1) is 0 Å². The van der Waals surface area contributed by atoms with E-state index >= 15 is 0 Å². The molecule has 0 aromatic heterocycles. The predicted molar refractivity (Wildman–Crippen MR) is 85.5 cm³/mol. The fraction of sp³-hybridized carbons (Fsp3) is 0.600. The van der Waals surface area contributed by atoms with Gasteiger partial charge in [-0.05, 0) is 31.5 Å². The molecule has 0 saturated heterocycles. The normalized spacial score (nSPS) is 13.3. The van der Waals surface area contributed by atoms with Gasteiger partial charge in [-0.25, -0.2) is 13.1 Å². The Bertz CT molecular complexity index is 517. The van der Waals surface area contributed by atoms with Crippen molar-refractivity contribution in [1.82, 2.24) is 10.0 Å². The number of nitrogens with one attached hydrogen (secondary N) is 2. The van der Waals surface area contributed by atoms with Crippen molar-refractivity contribution in [3.63, 3.8) is 0 Å². The fourth-order valence-electron chi connectivity index (χ4n) is 1.96. The number of benzene rings is 1. The average Bonchev–Trinajstić information content (AvgIpc) is 2.43. The molecule has 0 amide bonds. The van der Waals surface area contributed by atoms with Gasteiger partial charge in [-0.2, -0.15) is 0 Å². The number of sulfonamides is 1. The van der Waals surface area contributed by atoms with Gasteiger partial charge in [0.2, 0.25) is 10.0 Å². The minimum Gasteiger partial charge on any atom is -0.377 e. The highest BCUT2D eigenvalue weighted by Crippen LogP contribution is 2.09. The second-order valence-corrected chi connectivity index (χ2v) is 6.78. The van der Waals surface area contributed by atoms with E-state index in [4.69, 9.17) is 4.74 Å². The van der Waals surface area contributed by atoms with Crippen LogP contribution in [0.1, 0.15) is 31.9 Å². The molecule has 1 unspecified atom stereocenters. The van der Waals surface area contributed by atoms with E-state index in [0.717, 1.165) is 24.2 Å². The van der Waals surface area contributed by atoms with Crippen LogP contribution in [0.4, 0.5) is 0 Å². The van der Waals surface area contributed by atoms with Crippen molar-refractivity contribution in [2.75, 3.05) is 19.7 Å². The van der Waals surface area contributed by atoms with Gasteiger partial charge in [0, 0.05) is 19.7 Å². The van der Waals surface area contributed by atoms with Crippen LogP contribution in [-0.4, -0.2) is 34.2 Å². The average molecular weight is 314 g/mol. The number of ether oxygens (including phenoxy) is 1. The second-order valence-electron chi connectivity index (χ2n) is 4.97. The third-order valence-corrected chi connectivity index (χ3v) is 4.29. The standard InChI is InChI=1S/C15H26N2O3S/c1-4-16-11-14-7-6-8-15(9-14)12-21(18,19)17-10-13(3)20-5-2/h6-9,13,16-17H,4-5,10-12H2,1-3H3. The molecule has 0 radical (unpaired) electrons. The molecule has 5 nitrogen and oxygen atoms in total. The maximum Gasteiger partial charge on any atom is 0.215 e. The lowest BCUT2D eigenvalue weighted by molar-refractivity contribution is 0.0799. The zero-order valence-corrected chi connectivity index (χ0v) is 13.9. The lowest BCUT2D eigenvalue weighted by Gasteiger charge is -2.13. The Kier molecular flexibility index (Phi) is 7.88. The van der Waals surface area contributed by atoms with Crippen LogP contribution in [0.25, 0.3) is 0 Å². The van der Waals surface area contributed by atoms with Gasteiger partial charge in [-0.3, -0.25) is 0 Å². The quantitative estimate of drug-likeness (QED) is 0.689. The van der Waals surface area contributed by atoms with Gasteiger partial charge < -0.3 is 10.1 Å². The molecule has 0 spiro atoms. The van der Waals surface area contributed by atoms with Crippen LogP contribution in [0.15, 0.2) is 24.3 Å². The summed E-state index contributed by atoms with van der Waals surface area (Å²) in [5, 5.41) is 3.23. The summed E-state index contributed by atoms with van der Waals surface area (Å²) in [4.78, 5) is 0. The summed E-state index contributed by atoms with van der Waals surface area (Å²) in [6.45, 7) is 8.29. The molecule has 0 aliphatic heterocycles. The number of rotatable bonds is 10. The van der Waals surface area contributed by atoms with E-state index < -0.39 is 10.0 Å². The molecule has 2 N–H and O–H groups in total. The third kappa shape index (κ3) is 7.57. The van der Waals surface area contributed by atoms with Gasteiger partial charge in [0.15, 0.2) is 0 Å². The molecule has 0 bridgehead atoms. The molecule has 0 aliphatic rings. The van der Waals surface area contributed by atoms with Gasteiger partial charge >= 0.3 is 0 Å². The van der Waals surface area contributed by atoms with E-state index in [1.54, 1.807) is 0 Å². The van der Waals surface area contributed by atoms with E-state index in [1.807, 2.05) is 45.0 Å². The Morgan fingerprint density at radius 1 is 1.24 bits per heavy atom. The van der Waals surface area contributed by atoms with Crippen LogP contribution >= 0.6 is 0 Å². The molecule has 1 aromatic carbocycles. The molecule has 21 heavy (non-hydrogen) atoms. The summed E-state index contributed by atoms with van der Waals surface area (Å²) in [5.74, 6) is -0.00813. The highest BCUT2D eigenvalue weighted by atomic mass is 32.2. The van der Waals surface area contributed by atoms with Crippen LogP contribution < -0.4 is 10.0 Å². The maximum absolute atomic E-state index is 12.1. The minimum atomic E-state index is -3.34. The minimum absolute atomic E-state index is 0.00813. The molecule has 1 rings (SSSR count). The predicted octanol–water partition coefficient (Wildman–Crippen LogP) is 1.64. The SMILES string of the molecule is CCNCc1cccc(CS(=O)(=O)NCC(C)OCC)c1. The van der Waals surface area contributed by atoms with E-state index in [2.05, 4.69) is 10.0 Å². The molecule has 1 aromatic rings. The summed E-state index contributed by atoms with van der Waals surface area (Å²) in [5.41, 5.74) is 1.88. The Balaban J connectivity index is 2.58. The van der Waals surface area contributed by atoms with Crippen LogP contribution in [-0.2, 0) is 27.1 Å². The first kappa shape index (κ1) is 18.1. The monoisotopic (exact) mass is 314 g/mol. The zero-order chi connectivity index (χ0) is 15.7. The number of hydrogen-bond donors (Lipinski definition) is 2. The zero-order valence-electron chi connectivity index (χ0n) is 13.1. The maximum atomic E-state index is 12.1. The Morgan fingerprint density at radius 3 is 2.62 bits per heavy atom. The van der Waals surface area contributed by atoms with Crippen LogP contribution in [0.2, 0.25) is 0 Å². The Labute approximate surface area is 128 Å². The topological polar surface area (TPSA) is 67.4 Å². The van der Waals surface area contributed by atoms with Gasteiger partial charge in [-0.1, -0.05) is 31.2 Å². The van der Waals surface area contributed by atoms with Crippen molar-refractivity contribution in [3.8, 4) is 0 Å². The Morgan fingerprint density at radius 2 is 1.95 bits per heavy atom. The van der Waals surface area contributed by atoms with Crippen molar-refractivity contribution >= 4 is 10.0 Å². The van der Waals surface area contributed by atoms with Crippen LogP contribution in [0.3, 0.4) is 0 Å². The molecular formula is C15H26N2O3S. The lowest BCUT2D eigenvalue weighted by Crippen LogP contribution is -2.33. The van der Waals surface area contributed by atoms with E-state index in [9.17, 15) is 8.42 Å². The first-order valence-corrected chi connectivity index (χ1v) is 8.99. The van der Waals surface area contributed by atoms with E-state index in [1.165, 1.54) is 0 Å². The van der Waals surface area contributed by atoms with Crippen molar-refractivity contribution in [3.05, 3.63) is 35.4 Å². The van der Waals surface area contributed by atoms with Crippen LogP contribution in [0.5, 0.6) is 0 Å².